The Kier molecular flexibility index (Phi) is 8.49. The van der Waals surface area contributed by atoms with Crippen molar-refractivity contribution in [2.75, 3.05) is 12.0 Å². The molecule has 0 spiro atoms. The Morgan fingerprint density at radius 3 is 2.12 bits per heavy atom. The zero-order valence-electron chi connectivity index (χ0n) is 9.85. The van der Waals surface area contributed by atoms with Crippen molar-refractivity contribution in [3.63, 3.8) is 0 Å². The van der Waals surface area contributed by atoms with Crippen molar-refractivity contribution < 1.29 is 24.6 Å². The summed E-state index contributed by atoms with van der Waals surface area (Å²) in [5.74, 6) is -4.56. The fraction of sp³-hybridized carbons (Fsp3) is 0.727. The molecule has 0 aliphatic carbocycles. The SMILES string of the molecule is CSCCCCCCC(C(=O)O)C(=O)C(=O)O. The Morgan fingerprint density at radius 1 is 1.06 bits per heavy atom. The molecule has 0 aromatic heterocycles. The Labute approximate surface area is 105 Å². The number of unbranched alkanes of at least 4 members (excludes halogenated alkanes) is 3. The standard InChI is InChI=1S/C11H18O5S/c1-17-7-5-3-2-4-6-8(10(13)14)9(12)11(15)16/h8H,2-7H2,1H3,(H,13,14)(H,15,16). The minimum Gasteiger partial charge on any atom is -0.481 e. The van der Waals surface area contributed by atoms with Gasteiger partial charge in [0.25, 0.3) is 5.78 Å². The second-order valence-electron chi connectivity index (χ2n) is 3.76. The van der Waals surface area contributed by atoms with Crippen molar-refractivity contribution in [3.8, 4) is 0 Å². The summed E-state index contributed by atoms with van der Waals surface area (Å²) in [4.78, 5) is 32.2. The van der Waals surface area contributed by atoms with Crippen molar-refractivity contribution in [2.45, 2.75) is 32.1 Å². The second-order valence-corrected chi connectivity index (χ2v) is 4.74. The van der Waals surface area contributed by atoms with Gasteiger partial charge in [-0.25, -0.2) is 4.79 Å². The fourth-order valence-electron chi connectivity index (χ4n) is 1.46. The molecule has 5 nitrogen and oxygen atoms in total. The number of ketones is 1. The maximum Gasteiger partial charge on any atom is 0.373 e. The van der Waals surface area contributed by atoms with Gasteiger partial charge in [0.05, 0.1) is 0 Å². The van der Waals surface area contributed by atoms with E-state index < -0.39 is 23.6 Å². The van der Waals surface area contributed by atoms with Crippen LogP contribution in [0.15, 0.2) is 0 Å². The molecule has 0 aromatic carbocycles. The van der Waals surface area contributed by atoms with E-state index in [1.807, 2.05) is 6.26 Å². The number of rotatable bonds is 10. The number of hydrogen-bond donors (Lipinski definition) is 2. The Bertz CT molecular complexity index is 277. The molecule has 0 saturated heterocycles. The van der Waals surface area contributed by atoms with Gasteiger partial charge in [0.2, 0.25) is 0 Å². The number of Topliss-reactive ketones (excluding diaryl/α,β-unsaturated/α-hetero) is 1. The molecule has 6 heteroatoms. The molecular formula is C11H18O5S. The minimum atomic E-state index is -1.67. The number of aliphatic carboxylic acids is 2. The molecule has 0 heterocycles. The first-order chi connectivity index (χ1) is 8.00. The van der Waals surface area contributed by atoms with E-state index >= 15 is 0 Å². The number of carbonyl (C=O) groups excluding carboxylic acids is 1. The molecule has 98 valence electrons. The highest BCUT2D eigenvalue weighted by atomic mass is 32.2. The van der Waals surface area contributed by atoms with Crippen LogP contribution in [-0.2, 0) is 14.4 Å². The van der Waals surface area contributed by atoms with Crippen LogP contribution in [0.5, 0.6) is 0 Å². The van der Waals surface area contributed by atoms with Crippen LogP contribution in [0.1, 0.15) is 32.1 Å². The molecule has 0 amide bonds. The van der Waals surface area contributed by atoms with E-state index in [-0.39, 0.29) is 6.42 Å². The number of hydrogen-bond acceptors (Lipinski definition) is 4. The Balaban J connectivity index is 3.91. The summed E-state index contributed by atoms with van der Waals surface area (Å²) in [6.07, 6.45) is 5.58. The lowest BCUT2D eigenvalue weighted by atomic mass is 9.96. The molecule has 0 bridgehead atoms. The van der Waals surface area contributed by atoms with Gasteiger partial charge in [0.1, 0.15) is 5.92 Å². The lowest BCUT2D eigenvalue weighted by Crippen LogP contribution is -2.29. The van der Waals surface area contributed by atoms with Gasteiger partial charge in [-0.1, -0.05) is 19.3 Å². The van der Waals surface area contributed by atoms with Gasteiger partial charge >= 0.3 is 11.9 Å². The molecule has 0 radical (unpaired) electrons. The van der Waals surface area contributed by atoms with Crippen molar-refractivity contribution in [3.05, 3.63) is 0 Å². The van der Waals surface area contributed by atoms with Gasteiger partial charge in [-0.15, -0.1) is 0 Å². The van der Waals surface area contributed by atoms with Gasteiger partial charge in [-0.3, -0.25) is 9.59 Å². The van der Waals surface area contributed by atoms with Crippen molar-refractivity contribution in [2.24, 2.45) is 5.92 Å². The van der Waals surface area contributed by atoms with E-state index in [1.54, 1.807) is 11.8 Å². The fourth-order valence-corrected chi connectivity index (χ4v) is 1.96. The van der Waals surface area contributed by atoms with E-state index in [0.717, 1.165) is 25.0 Å². The zero-order chi connectivity index (χ0) is 13.3. The molecule has 0 saturated carbocycles. The third-order valence-corrected chi connectivity index (χ3v) is 3.11. The van der Waals surface area contributed by atoms with E-state index in [9.17, 15) is 14.4 Å². The topological polar surface area (TPSA) is 91.7 Å². The average molecular weight is 262 g/mol. The highest BCUT2D eigenvalue weighted by Gasteiger charge is 2.30. The second kappa shape index (κ2) is 9.04. The lowest BCUT2D eigenvalue weighted by molar-refractivity contribution is -0.157. The lowest BCUT2D eigenvalue weighted by Gasteiger charge is -2.08. The summed E-state index contributed by atoms with van der Waals surface area (Å²) >= 11 is 1.75. The highest BCUT2D eigenvalue weighted by molar-refractivity contribution is 7.98. The van der Waals surface area contributed by atoms with Crippen LogP contribution < -0.4 is 0 Å². The quantitative estimate of drug-likeness (QED) is 0.353. The molecule has 0 rings (SSSR count). The number of carbonyl (C=O) groups is 3. The average Bonchev–Trinajstić information content (AvgIpc) is 2.26. The highest BCUT2D eigenvalue weighted by Crippen LogP contribution is 2.13. The van der Waals surface area contributed by atoms with Gasteiger partial charge < -0.3 is 10.2 Å². The van der Waals surface area contributed by atoms with Gasteiger partial charge in [-0.05, 0) is 24.9 Å². The maximum absolute atomic E-state index is 11.1. The molecule has 0 aromatic rings. The summed E-state index contributed by atoms with van der Waals surface area (Å²) in [6.45, 7) is 0. The molecule has 0 aliphatic heterocycles. The molecule has 0 fully saturated rings. The molecule has 17 heavy (non-hydrogen) atoms. The van der Waals surface area contributed by atoms with Crippen LogP contribution in [0.4, 0.5) is 0 Å². The van der Waals surface area contributed by atoms with Crippen molar-refractivity contribution in [1.29, 1.82) is 0 Å². The van der Waals surface area contributed by atoms with Gasteiger partial charge in [0.15, 0.2) is 0 Å². The Morgan fingerprint density at radius 2 is 1.65 bits per heavy atom. The molecule has 1 unspecified atom stereocenters. The van der Waals surface area contributed by atoms with E-state index in [4.69, 9.17) is 10.2 Å². The summed E-state index contributed by atoms with van der Waals surface area (Å²) in [5.41, 5.74) is 0. The van der Waals surface area contributed by atoms with Gasteiger partial charge in [-0.2, -0.15) is 11.8 Å². The molecule has 2 N–H and O–H groups in total. The minimum absolute atomic E-state index is 0.111. The van der Waals surface area contributed by atoms with Crippen LogP contribution in [0, 0.1) is 5.92 Å². The Hall–Kier alpha value is -1.04. The molecular weight excluding hydrogens is 244 g/mol. The summed E-state index contributed by atoms with van der Waals surface area (Å²) in [7, 11) is 0. The smallest absolute Gasteiger partial charge is 0.373 e. The summed E-state index contributed by atoms with van der Waals surface area (Å²) < 4.78 is 0. The monoisotopic (exact) mass is 262 g/mol. The van der Waals surface area contributed by atoms with Crippen LogP contribution >= 0.6 is 11.8 Å². The number of carboxylic acid groups (broad SMARTS) is 2. The summed E-state index contributed by atoms with van der Waals surface area (Å²) in [5, 5.41) is 17.2. The first-order valence-electron chi connectivity index (χ1n) is 5.49. The van der Waals surface area contributed by atoms with E-state index in [0.29, 0.717) is 6.42 Å². The van der Waals surface area contributed by atoms with E-state index in [2.05, 4.69) is 0 Å². The largest absolute Gasteiger partial charge is 0.481 e. The van der Waals surface area contributed by atoms with Crippen LogP contribution in [0.3, 0.4) is 0 Å². The summed E-state index contributed by atoms with van der Waals surface area (Å²) in [6, 6.07) is 0. The molecule has 1 atom stereocenters. The van der Waals surface area contributed by atoms with E-state index in [1.165, 1.54) is 0 Å². The first kappa shape index (κ1) is 16.0. The first-order valence-corrected chi connectivity index (χ1v) is 6.89. The third-order valence-electron chi connectivity index (χ3n) is 2.42. The van der Waals surface area contributed by atoms with Crippen LogP contribution in [-0.4, -0.2) is 39.9 Å². The van der Waals surface area contributed by atoms with Crippen LogP contribution in [0.25, 0.3) is 0 Å². The molecule has 0 aliphatic rings. The van der Waals surface area contributed by atoms with Gasteiger partial charge in [0, 0.05) is 0 Å². The number of thioether (sulfide) groups is 1. The van der Waals surface area contributed by atoms with Crippen molar-refractivity contribution >= 4 is 29.5 Å². The number of carboxylic acids is 2. The normalized spacial score (nSPS) is 12.1. The zero-order valence-corrected chi connectivity index (χ0v) is 10.7. The maximum atomic E-state index is 11.1. The van der Waals surface area contributed by atoms with Crippen LogP contribution in [0.2, 0.25) is 0 Å². The third kappa shape index (κ3) is 6.99. The predicted octanol–water partition coefficient (Wildman–Crippen LogP) is 1.65. The predicted molar refractivity (Wildman–Crippen MR) is 65.2 cm³/mol. The van der Waals surface area contributed by atoms with Crippen molar-refractivity contribution in [1.82, 2.24) is 0 Å².